The monoisotopic (exact) mass is 305 g/mol. The van der Waals surface area contributed by atoms with Crippen LogP contribution in [0.15, 0.2) is 54.6 Å². The fraction of sp³-hybridized carbons (Fsp3) is 0.333. The highest BCUT2D eigenvalue weighted by molar-refractivity contribution is 5.27. The minimum absolute atomic E-state index is 0.200. The molecule has 0 spiro atoms. The van der Waals surface area contributed by atoms with Crippen molar-refractivity contribution in [3.63, 3.8) is 0 Å². The molecule has 0 saturated heterocycles. The van der Waals surface area contributed by atoms with Crippen LogP contribution in [-0.2, 0) is 13.0 Å². The molecule has 0 atom stereocenters. The van der Waals surface area contributed by atoms with Gasteiger partial charge in [-0.15, -0.1) is 0 Å². The van der Waals surface area contributed by atoms with Crippen molar-refractivity contribution in [1.29, 1.82) is 0 Å². The van der Waals surface area contributed by atoms with Crippen LogP contribution in [0.4, 0.5) is 8.78 Å². The highest BCUT2D eigenvalue weighted by Gasteiger charge is 2.05. The first-order valence-electron chi connectivity index (χ1n) is 7.40. The van der Waals surface area contributed by atoms with E-state index in [-0.39, 0.29) is 5.75 Å². The summed E-state index contributed by atoms with van der Waals surface area (Å²) in [6, 6.07) is 17.2. The van der Waals surface area contributed by atoms with E-state index in [0.717, 1.165) is 31.5 Å². The molecule has 0 saturated carbocycles. The maximum atomic E-state index is 12.1. The molecule has 0 aliphatic heterocycles. The number of benzene rings is 2. The summed E-state index contributed by atoms with van der Waals surface area (Å²) in [4.78, 5) is 2.23. The van der Waals surface area contributed by atoms with Gasteiger partial charge in [0.2, 0.25) is 0 Å². The maximum absolute atomic E-state index is 12.1. The lowest BCUT2D eigenvalue weighted by Gasteiger charge is -2.17. The second-order valence-corrected chi connectivity index (χ2v) is 5.35. The SMILES string of the molecule is CN(CCCc1ccccc1)Cc1ccc(OC(F)F)cc1. The molecule has 0 bridgehead atoms. The molecule has 2 nitrogen and oxygen atoms in total. The van der Waals surface area contributed by atoms with E-state index < -0.39 is 6.61 Å². The third-order valence-corrected chi connectivity index (χ3v) is 3.45. The maximum Gasteiger partial charge on any atom is 0.387 e. The van der Waals surface area contributed by atoms with Gasteiger partial charge in [0.1, 0.15) is 5.75 Å². The van der Waals surface area contributed by atoms with Crippen molar-refractivity contribution in [2.75, 3.05) is 13.6 Å². The summed E-state index contributed by atoms with van der Waals surface area (Å²) in [6.07, 6.45) is 2.15. The number of ether oxygens (including phenoxy) is 1. The Hall–Kier alpha value is -1.94. The standard InChI is InChI=1S/C18H21F2NO/c1-21(13-5-8-15-6-3-2-4-7-15)14-16-9-11-17(12-10-16)22-18(19)20/h2-4,6-7,9-12,18H,5,8,13-14H2,1H3. The van der Waals surface area contributed by atoms with Gasteiger partial charge >= 0.3 is 6.61 Å². The molecule has 0 aliphatic carbocycles. The number of nitrogens with zero attached hydrogens (tertiary/aromatic N) is 1. The van der Waals surface area contributed by atoms with Gasteiger partial charge in [0.15, 0.2) is 0 Å². The van der Waals surface area contributed by atoms with Gasteiger partial charge in [0.05, 0.1) is 0 Å². The van der Waals surface area contributed by atoms with Crippen LogP contribution in [0.5, 0.6) is 5.75 Å². The van der Waals surface area contributed by atoms with Gasteiger partial charge in [0.25, 0.3) is 0 Å². The summed E-state index contributed by atoms with van der Waals surface area (Å²) in [5, 5.41) is 0. The Kier molecular flexibility index (Phi) is 6.34. The van der Waals surface area contributed by atoms with Crippen molar-refractivity contribution in [2.45, 2.75) is 26.0 Å². The highest BCUT2D eigenvalue weighted by atomic mass is 19.3. The van der Waals surface area contributed by atoms with E-state index in [1.807, 2.05) is 18.2 Å². The summed E-state index contributed by atoms with van der Waals surface area (Å²) >= 11 is 0. The average molecular weight is 305 g/mol. The zero-order valence-electron chi connectivity index (χ0n) is 12.7. The second kappa shape index (κ2) is 8.49. The van der Waals surface area contributed by atoms with E-state index in [0.29, 0.717) is 0 Å². The first-order chi connectivity index (χ1) is 10.6. The molecule has 0 N–H and O–H groups in total. The summed E-state index contributed by atoms with van der Waals surface area (Å²) in [6.45, 7) is -0.986. The largest absolute Gasteiger partial charge is 0.435 e. The number of hydrogen-bond acceptors (Lipinski definition) is 2. The third kappa shape index (κ3) is 5.82. The molecule has 2 aromatic carbocycles. The molecule has 22 heavy (non-hydrogen) atoms. The van der Waals surface area contributed by atoms with Gasteiger partial charge in [-0.3, -0.25) is 0 Å². The number of halogens is 2. The molecule has 4 heteroatoms. The lowest BCUT2D eigenvalue weighted by molar-refractivity contribution is -0.0498. The van der Waals surface area contributed by atoms with E-state index in [9.17, 15) is 8.78 Å². The zero-order valence-corrected chi connectivity index (χ0v) is 12.7. The van der Waals surface area contributed by atoms with E-state index >= 15 is 0 Å². The van der Waals surface area contributed by atoms with Gasteiger partial charge < -0.3 is 9.64 Å². The van der Waals surface area contributed by atoms with Crippen LogP contribution < -0.4 is 4.74 Å². The minimum atomic E-state index is -2.77. The van der Waals surface area contributed by atoms with Crippen LogP contribution in [0.3, 0.4) is 0 Å². The smallest absolute Gasteiger partial charge is 0.387 e. The van der Waals surface area contributed by atoms with Crippen molar-refractivity contribution in [1.82, 2.24) is 4.90 Å². The first-order valence-corrected chi connectivity index (χ1v) is 7.40. The fourth-order valence-corrected chi connectivity index (χ4v) is 2.36. The van der Waals surface area contributed by atoms with Gasteiger partial charge in [0, 0.05) is 6.54 Å². The zero-order chi connectivity index (χ0) is 15.8. The summed E-state index contributed by atoms with van der Waals surface area (Å²) in [7, 11) is 2.06. The third-order valence-electron chi connectivity index (χ3n) is 3.45. The normalized spacial score (nSPS) is 11.1. The van der Waals surface area contributed by atoms with Crippen LogP contribution in [-0.4, -0.2) is 25.1 Å². The highest BCUT2D eigenvalue weighted by Crippen LogP contribution is 2.16. The van der Waals surface area contributed by atoms with E-state index in [1.54, 1.807) is 12.1 Å². The molecule has 2 rings (SSSR count). The Morgan fingerprint density at radius 3 is 2.27 bits per heavy atom. The Morgan fingerprint density at radius 1 is 0.955 bits per heavy atom. The molecule has 0 heterocycles. The lowest BCUT2D eigenvalue weighted by Crippen LogP contribution is -2.19. The minimum Gasteiger partial charge on any atom is -0.435 e. The van der Waals surface area contributed by atoms with E-state index in [1.165, 1.54) is 5.56 Å². The summed E-state index contributed by atoms with van der Waals surface area (Å²) < 4.78 is 28.5. The van der Waals surface area contributed by atoms with Crippen molar-refractivity contribution in [3.05, 3.63) is 65.7 Å². The molecule has 0 aromatic heterocycles. The Bertz CT molecular complexity index is 543. The summed E-state index contributed by atoms with van der Waals surface area (Å²) in [5.41, 5.74) is 2.44. The van der Waals surface area contributed by atoms with Crippen LogP contribution in [0, 0.1) is 0 Å². The van der Waals surface area contributed by atoms with Gasteiger partial charge in [-0.25, -0.2) is 0 Å². The number of hydrogen-bond donors (Lipinski definition) is 0. The lowest BCUT2D eigenvalue weighted by atomic mass is 10.1. The molecule has 0 unspecified atom stereocenters. The van der Waals surface area contributed by atoms with Gasteiger partial charge in [-0.05, 0) is 49.7 Å². The molecule has 0 radical (unpaired) electrons. The predicted octanol–water partition coefficient (Wildman–Crippen LogP) is 4.35. The topological polar surface area (TPSA) is 12.5 Å². The number of alkyl halides is 2. The van der Waals surface area contributed by atoms with Gasteiger partial charge in [-0.1, -0.05) is 42.5 Å². The van der Waals surface area contributed by atoms with Crippen molar-refractivity contribution >= 4 is 0 Å². The average Bonchev–Trinajstić information content (AvgIpc) is 2.50. The van der Waals surface area contributed by atoms with E-state index in [2.05, 4.69) is 40.9 Å². The van der Waals surface area contributed by atoms with Crippen LogP contribution >= 0.6 is 0 Å². The van der Waals surface area contributed by atoms with E-state index in [4.69, 9.17) is 0 Å². The predicted molar refractivity (Wildman–Crippen MR) is 84.2 cm³/mol. The van der Waals surface area contributed by atoms with Gasteiger partial charge in [-0.2, -0.15) is 8.78 Å². The Balaban J connectivity index is 1.73. The van der Waals surface area contributed by atoms with Crippen LogP contribution in [0.25, 0.3) is 0 Å². The molecular weight excluding hydrogens is 284 g/mol. The molecule has 0 aliphatic rings. The first kappa shape index (κ1) is 16.4. The van der Waals surface area contributed by atoms with Crippen molar-refractivity contribution < 1.29 is 13.5 Å². The molecule has 2 aromatic rings. The summed E-state index contributed by atoms with van der Waals surface area (Å²) in [5.74, 6) is 0.200. The second-order valence-electron chi connectivity index (χ2n) is 5.35. The molecule has 0 fully saturated rings. The number of rotatable bonds is 8. The van der Waals surface area contributed by atoms with Crippen LogP contribution in [0.2, 0.25) is 0 Å². The molecular formula is C18H21F2NO. The molecule has 0 amide bonds. The van der Waals surface area contributed by atoms with Crippen LogP contribution in [0.1, 0.15) is 17.5 Å². The Morgan fingerprint density at radius 2 is 1.64 bits per heavy atom. The Labute approximate surface area is 130 Å². The van der Waals surface area contributed by atoms with Crippen molar-refractivity contribution in [3.8, 4) is 5.75 Å². The number of aryl methyl sites for hydroxylation is 1. The fourth-order valence-electron chi connectivity index (χ4n) is 2.36. The van der Waals surface area contributed by atoms with Crippen molar-refractivity contribution in [2.24, 2.45) is 0 Å². The quantitative estimate of drug-likeness (QED) is 0.719. The molecule has 118 valence electrons.